The van der Waals surface area contributed by atoms with E-state index in [9.17, 15) is 14.4 Å². The van der Waals surface area contributed by atoms with Gasteiger partial charge in [0, 0.05) is 5.69 Å². The van der Waals surface area contributed by atoms with Gasteiger partial charge in [0.15, 0.2) is 6.10 Å². The number of carbonyl (C=O) groups excluding carboxylic acids is 3. The lowest BCUT2D eigenvalue weighted by Crippen LogP contribution is -2.30. The number of carbonyl (C=O) groups is 3. The number of ether oxygens (including phenoxy) is 1. The molecule has 1 N–H and O–H groups in total. The smallest absolute Gasteiger partial charge is 0.289 e. The molecule has 0 spiro atoms. The highest BCUT2D eigenvalue weighted by molar-refractivity contribution is 8.14. The topological polar surface area (TPSA) is 75.7 Å². The van der Waals surface area contributed by atoms with Gasteiger partial charge in [-0.3, -0.25) is 19.3 Å². The molecule has 0 bridgehead atoms. The van der Waals surface area contributed by atoms with Gasteiger partial charge in [0.1, 0.15) is 5.75 Å². The van der Waals surface area contributed by atoms with Crippen LogP contribution in [0.4, 0.5) is 10.5 Å². The zero-order chi connectivity index (χ0) is 19.4. The van der Waals surface area contributed by atoms with Crippen molar-refractivity contribution in [2.45, 2.75) is 26.5 Å². The molecule has 3 amide bonds. The Balaban J connectivity index is 1.56. The molecule has 7 heteroatoms. The second kappa shape index (κ2) is 8.26. The molecule has 27 heavy (non-hydrogen) atoms. The number of aryl methyl sites for hydroxylation is 1. The number of nitrogens with one attached hydrogen (secondary N) is 1. The number of anilines is 1. The van der Waals surface area contributed by atoms with Crippen LogP contribution >= 0.6 is 11.8 Å². The van der Waals surface area contributed by atoms with E-state index >= 15 is 0 Å². The minimum Gasteiger partial charge on any atom is -0.481 e. The zero-order valence-corrected chi connectivity index (χ0v) is 15.9. The average molecular weight is 384 g/mol. The molecule has 1 heterocycles. The van der Waals surface area contributed by atoms with Crippen LogP contribution in [0.3, 0.4) is 0 Å². The first-order valence-electron chi connectivity index (χ1n) is 8.52. The lowest BCUT2D eigenvalue weighted by Gasteiger charge is -2.16. The molecule has 1 unspecified atom stereocenters. The fourth-order valence-electron chi connectivity index (χ4n) is 2.60. The molecule has 140 valence electrons. The number of amides is 3. The summed E-state index contributed by atoms with van der Waals surface area (Å²) in [5.41, 5.74) is 2.50. The van der Waals surface area contributed by atoms with Gasteiger partial charge in [-0.1, -0.05) is 36.0 Å². The van der Waals surface area contributed by atoms with Crippen LogP contribution in [0.1, 0.15) is 18.1 Å². The van der Waals surface area contributed by atoms with Crippen molar-refractivity contribution in [2.24, 2.45) is 0 Å². The molecule has 1 atom stereocenters. The van der Waals surface area contributed by atoms with E-state index in [4.69, 9.17) is 4.74 Å². The Morgan fingerprint density at radius 1 is 1.22 bits per heavy atom. The van der Waals surface area contributed by atoms with Crippen molar-refractivity contribution in [1.82, 2.24) is 4.90 Å². The Labute approximate surface area is 161 Å². The SMILES string of the molecule is Cc1cccc(OC(C)C(=O)Nc2ccc(CN3C(=O)CSC3=O)cc2)c1. The predicted octanol–water partition coefficient (Wildman–Crippen LogP) is 3.60. The van der Waals surface area contributed by atoms with Crippen LogP contribution < -0.4 is 10.1 Å². The van der Waals surface area contributed by atoms with E-state index in [0.717, 1.165) is 22.9 Å². The van der Waals surface area contributed by atoms with Crippen molar-refractivity contribution >= 4 is 34.5 Å². The van der Waals surface area contributed by atoms with Gasteiger partial charge in [-0.05, 0) is 49.2 Å². The number of hydrogen-bond acceptors (Lipinski definition) is 5. The molecule has 1 saturated heterocycles. The molecule has 3 rings (SSSR count). The maximum Gasteiger partial charge on any atom is 0.289 e. The number of thioether (sulfide) groups is 1. The van der Waals surface area contributed by atoms with Gasteiger partial charge in [0.05, 0.1) is 12.3 Å². The number of imide groups is 1. The quantitative estimate of drug-likeness (QED) is 0.824. The van der Waals surface area contributed by atoms with E-state index in [1.807, 2.05) is 31.2 Å². The number of hydrogen-bond donors (Lipinski definition) is 1. The maximum absolute atomic E-state index is 12.3. The Hall–Kier alpha value is -2.80. The minimum absolute atomic E-state index is 0.176. The van der Waals surface area contributed by atoms with Gasteiger partial charge in [0.25, 0.3) is 11.1 Å². The second-order valence-electron chi connectivity index (χ2n) is 6.30. The molecule has 0 aliphatic carbocycles. The van der Waals surface area contributed by atoms with E-state index in [0.29, 0.717) is 11.4 Å². The third kappa shape index (κ3) is 4.89. The van der Waals surface area contributed by atoms with Crippen LogP contribution in [-0.4, -0.2) is 33.8 Å². The Morgan fingerprint density at radius 3 is 2.59 bits per heavy atom. The van der Waals surface area contributed by atoms with Crippen molar-refractivity contribution in [2.75, 3.05) is 11.1 Å². The highest BCUT2D eigenvalue weighted by Gasteiger charge is 2.29. The van der Waals surface area contributed by atoms with Gasteiger partial charge in [-0.15, -0.1) is 0 Å². The van der Waals surface area contributed by atoms with Gasteiger partial charge in [-0.25, -0.2) is 0 Å². The van der Waals surface area contributed by atoms with Crippen LogP contribution in [0.25, 0.3) is 0 Å². The molecule has 0 aromatic heterocycles. The lowest BCUT2D eigenvalue weighted by molar-refractivity contribution is -0.125. The minimum atomic E-state index is -0.650. The summed E-state index contributed by atoms with van der Waals surface area (Å²) in [7, 11) is 0. The standard InChI is InChI=1S/C20H20N2O4S/c1-13-4-3-5-17(10-13)26-14(2)19(24)21-16-8-6-15(7-9-16)11-22-18(23)12-27-20(22)25/h3-10,14H,11-12H2,1-2H3,(H,21,24). The predicted molar refractivity (Wildman–Crippen MR) is 105 cm³/mol. The van der Waals surface area contributed by atoms with E-state index in [2.05, 4.69) is 5.32 Å². The Kier molecular flexibility index (Phi) is 5.81. The highest BCUT2D eigenvalue weighted by Crippen LogP contribution is 2.22. The third-order valence-electron chi connectivity index (χ3n) is 4.07. The monoisotopic (exact) mass is 384 g/mol. The van der Waals surface area contributed by atoms with Gasteiger partial charge in [0.2, 0.25) is 5.91 Å². The summed E-state index contributed by atoms with van der Waals surface area (Å²) in [4.78, 5) is 36.9. The van der Waals surface area contributed by atoms with Crippen molar-refractivity contribution in [3.63, 3.8) is 0 Å². The first-order valence-corrected chi connectivity index (χ1v) is 9.51. The lowest BCUT2D eigenvalue weighted by atomic mass is 10.2. The van der Waals surface area contributed by atoms with Gasteiger partial charge in [-0.2, -0.15) is 0 Å². The van der Waals surface area contributed by atoms with Crippen molar-refractivity contribution in [3.05, 3.63) is 59.7 Å². The molecule has 0 radical (unpaired) electrons. The summed E-state index contributed by atoms with van der Waals surface area (Å²) < 4.78 is 5.67. The Morgan fingerprint density at radius 2 is 1.96 bits per heavy atom. The highest BCUT2D eigenvalue weighted by atomic mass is 32.2. The molecule has 2 aromatic carbocycles. The summed E-state index contributed by atoms with van der Waals surface area (Å²) in [5.74, 6) is 0.409. The summed E-state index contributed by atoms with van der Waals surface area (Å²) in [5, 5.41) is 2.58. The van der Waals surface area contributed by atoms with Gasteiger partial charge < -0.3 is 10.1 Å². The van der Waals surface area contributed by atoms with Crippen molar-refractivity contribution in [1.29, 1.82) is 0 Å². The zero-order valence-electron chi connectivity index (χ0n) is 15.1. The van der Waals surface area contributed by atoms with E-state index in [-0.39, 0.29) is 29.4 Å². The van der Waals surface area contributed by atoms with E-state index < -0.39 is 6.10 Å². The summed E-state index contributed by atoms with van der Waals surface area (Å²) >= 11 is 1.02. The maximum atomic E-state index is 12.3. The first-order chi connectivity index (χ1) is 12.9. The molecule has 2 aromatic rings. The molecule has 0 saturated carbocycles. The summed E-state index contributed by atoms with van der Waals surface area (Å²) in [6, 6.07) is 14.6. The molecule has 6 nitrogen and oxygen atoms in total. The van der Waals surface area contributed by atoms with Crippen molar-refractivity contribution in [3.8, 4) is 5.75 Å². The molecular weight excluding hydrogens is 364 g/mol. The third-order valence-corrected chi connectivity index (χ3v) is 4.93. The largest absolute Gasteiger partial charge is 0.481 e. The number of benzene rings is 2. The Bertz CT molecular complexity index is 851. The van der Waals surface area contributed by atoms with E-state index in [1.54, 1.807) is 31.2 Å². The average Bonchev–Trinajstić information content (AvgIpc) is 2.95. The number of rotatable bonds is 6. The summed E-state index contributed by atoms with van der Waals surface area (Å²) in [6.45, 7) is 3.89. The van der Waals surface area contributed by atoms with E-state index in [1.165, 1.54) is 4.90 Å². The molecule has 1 aliphatic rings. The first kappa shape index (κ1) is 19.0. The fraction of sp³-hybridized carbons (Fsp3) is 0.250. The van der Waals surface area contributed by atoms with Crippen LogP contribution in [-0.2, 0) is 16.1 Å². The summed E-state index contributed by atoms with van der Waals surface area (Å²) in [6.07, 6.45) is -0.650. The van der Waals surface area contributed by atoms with Crippen LogP contribution in [0.5, 0.6) is 5.75 Å². The normalized spacial score (nSPS) is 15.0. The number of nitrogens with zero attached hydrogens (tertiary/aromatic N) is 1. The van der Waals surface area contributed by atoms with Crippen LogP contribution in [0.15, 0.2) is 48.5 Å². The molecule has 1 fully saturated rings. The molecule has 1 aliphatic heterocycles. The van der Waals surface area contributed by atoms with Crippen molar-refractivity contribution < 1.29 is 19.1 Å². The second-order valence-corrected chi connectivity index (χ2v) is 7.22. The molecular formula is C20H20N2O4S. The van der Waals surface area contributed by atoms with Crippen LogP contribution in [0.2, 0.25) is 0 Å². The van der Waals surface area contributed by atoms with Gasteiger partial charge >= 0.3 is 0 Å². The van der Waals surface area contributed by atoms with Crippen LogP contribution in [0, 0.1) is 6.92 Å². The fourth-order valence-corrected chi connectivity index (χ4v) is 3.33.